The molecule has 0 aliphatic carbocycles. The molecule has 0 radical (unpaired) electrons. The zero-order valence-electron chi connectivity index (χ0n) is 12.3. The maximum absolute atomic E-state index is 5.94. The largest absolute Gasteiger partial charge is 0.496 e. The molecule has 0 aromatic heterocycles. The maximum atomic E-state index is 5.94. The fourth-order valence-electron chi connectivity index (χ4n) is 2.10. The van der Waals surface area contributed by atoms with E-state index in [-0.39, 0.29) is 5.54 Å². The van der Waals surface area contributed by atoms with Crippen LogP contribution in [0, 0.1) is 0 Å². The Morgan fingerprint density at radius 2 is 2.11 bits per heavy atom. The number of methoxy groups -OCH3 is 1. The van der Waals surface area contributed by atoms with Gasteiger partial charge in [-0.25, -0.2) is 0 Å². The lowest BCUT2D eigenvalue weighted by Gasteiger charge is -2.30. The molecule has 0 saturated heterocycles. The molecule has 106 valence electrons. The van der Waals surface area contributed by atoms with Gasteiger partial charge >= 0.3 is 0 Å². The van der Waals surface area contributed by atoms with Crippen LogP contribution in [0.1, 0.15) is 25.8 Å². The summed E-state index contributed by atoms with van der Waals surface area (Å²) in [6.07, 6.45) is 6.12. The van der Waals surface area contributed by atoms with Gasteiger partial charge in [-0.15, -0.1) is 0 Å². The molecular formula is C16H26N2O. The second kappa shape index (κ2) is 7.97. The predicted octanol–water partition coefficient (Wildman–Crippen LogP) is 2.51. The number of hydrogen-bond donors (Lipinski definition) is 2. The molecule has 1 unspecified atom stereocenters. The summed E-state index contributed by atoms with van der Waals surface area (Å²) in [7, 11) is 1.71. The van der Waals surface area contributed by atoms with E-state index in [1.807, 2.05) is 25.1 Å². The minimum atomic E-state index is -0.101. The van der Waals surface area contributed by atoms with Crippen molar-refractivity contribution >= 4 is 0 Å². The number of rotatable bonds is 8. The molecule has 0 bridgehead atoms. The van der Waals surface area contributed by atoms with E-state index in [2.05, 4.69) is 30.5 Å². The molecule has 3 nitrogen and oxygen atoms in total. The summed E-state index contributed by atoms with van der Waals surface area (Å²) in [5, 5.41) is 3.55. The fraction of sp³-hybridized carbons (Fsp3) is 0.500. The van der Waals surface area contributed by atoms with Gasteiger partial charge in [-0.2, -0.15) is 0 Å². The first-order chi connectivity index (χ1) is 9.15. The van der Waals surface area contributed by atoms with Crippen molar-refractivity contribution in [1.82, 2.24) is 5.32 Å². The zero-order chi connectivity index (χ0) is 14.1. The lowest BCUT2D eigenvalue weighted by atomic mass is 9.92. The fourth-order valence-corrected chi connectivity index (χ4v) is 2.10. The standard InChI is InChI=1S/C16H26N2O/c1-4-5-8-11-18-16(2,13-17)12-14-9-6-7-10-15(14)19-3/h4-7,9-10,18H,8,11-13,17H2,1-3H3/b5-4+. The highest BCUT2D eigenvalue weighted by Crippen LogP contribution is 2.22. The predicted molar refractivity (Wildman–Crippen MR) is 81.6 cm³/mol. The summed E-state index contributed by atoms with van der Waals surface area (Å²) >= 11 is 0. The van der Waals surface area contributed by atoms with Crippen LogP contribution in [0.15, 0.2) is 36.4 Å². The van der Waals surface area contributed by atoms with Crippen LogP contribution in [-0.2, 0) is 6.42 Å². The van der Waals surface area contributed by atoms with Crippen molar-refractivity contribution < 1.29 is 4.74 Å². The number of benzene rings is 1. The van der Waals surface area contributed by atoms with E-state index in [0.717, 1.165) is 25.1 Å². The summed E-state index contributed by atoms with van der Waals surface area (Å²) in [5.41, 5.74) is 7.03. The van der Waals surface area contributed by atoms with Gasteiger partial charge in [0.15, 0.2) is 0 Å². The van der Waals surface area contributed by atoms with Gasteiger partial charge in [0.05, 0.1) is 7.11 Å². The van der Waals surface area contributed by atoms with E-state index in [1.54, 1.807) is 7.11 Å². The number of para-hydroxylation sites is 1. The minimum Gasteiger partial charge on any atom is -0.496 e. The zero-order valence-corrected chi connectivity index (χ0v) is 12.3. The van der Waals surface area contributed by atoms with Crippen LogP contribution < -0.4 is 15.8 Å². The van der Waals surface area contributed by atoms with Gasteiger partial charge in [-0.3, -0.25) is 0 Å². The lowest BCUT2D eigenvalue weighted by molar-refractivity contribution is 0.353. The first-order valence-electron chi connectivity index (χ1n) is 6.83. The van der Waals surface area contributed by atoms with Crippen molar-refractivity contribution in [2.75, 3.05) is 20.2 Å². The van der Waals surface area contributed by atoms with Gasteiger partial charge in [-0.1, -0.05) is 30.4 Å². The number of ether oxygens (including phenoxy) is 1. The topological polar surface area (TPSA) is 47.3 Å². The summed E-state index contributed by atoms with van der Waals surface area (Å²) < 4.78 is 5.40. The molecule has 0 aliphatic rings. The van der Waals surface area contributed by atoms with Gasteiger partial charge in [0.25, 0.3) is 0 Å². The second-order valence-electron chi connectivity index (χ2n) is 5.04. The molecule has 1 aromatic carbocycles. The van der Waals surface area contributed by atoms with Crippen LogP contribution in [0.2, 0.25) is 0 Å². The summed E-state index contributed by atoms with van der Waals surface area (Å²) in [6, 6.07) is 8.11. The summed E-state index contributed by atoms with van der Waals surface area (Å²) in [4.78, 5) is 0. The molecule has 3 N–H and O–H groups in total. The SMILES string of the molecule is C/C=C/CCNC(C)(CN)Cc1ccccc1OC. The molecule has 0 saturated carbocycles. The van der Waals surface area contributed by atoms with Gasteiger partial charge in [0.1, 0.15) is 5.75 Å². The molecule has 0 heterocycles. The van der Waals surface area contributed by atoms with Crippen molar-refractivity contribution in [2.45, 2.75) is 32.2 Å². The highest BCUT2D eigenvalue weighted by Gasteiger charge is 2.23. The monoisotopic (exact) mass is 262 g/mol. The number of nitrogens with one attached hydrogen (secondary N) is 1. The Morgan fingerprint density at radius 3 is 2.74 bits per heavy atom. The van der Waals surface area contributed by atoms with Gasteiger partial charge < -0.3 is 15.8 Å². The van der Waals surface area contributed by atoms with Gasteiger partial charge in [-0.05, 0) is 44.9 Å². The molecule has 1 atom stereocenters. The third-order valence-electron chi connectivity index (χ3n) is 3.32. The Morgan fingerprint density at radius 1 is 1.37 bits per heavy atom. The van der Waals surface area contributed by atoms with E-state index in [1.165, 1.54) is 5.56 Å². The third-order valence-corrected chi connectivity index (χ3v) is 3.32. The number of allylic oxidation sites excluding steroid dienone is 1. The molecule has 1 aromatic rings. The Hall–Kier alpha value is -1.32. The van der Waals surface area contributed by atoms with E-state index >= 15 is 0 Å². The molecule has 0 amide bonds. The van der Waals surface area contributed by atoms with Crippen molar-refractivity contribution in [2.24, 2.45) is 5.73 Å². The van der Waals surface area contributed by atoms with Crippen LogP contribution >= 0.6 is 0 Å². The normalized spacial score (nSPS) is 14.5. The average Bonchev–Trinajstić information content (AvgIpc) is 2.44. The van der Waals surface area contributed by atoms with Gasteiger partial charge in [0.2, 0.25) is 0 Å². The van der Waals surface area contributed by atoms with Crippen molar-refractivity contribution in [3.63, 3.8) is 0 Å². The highest BCUT2D eigenvalue weighted by atomic mass is 16.5. The van der Waals surface area contributed by atoms with E-state index in [9.17, 15) is 0 Å². The van der Waals surface area contributed by atoms with Crippen molar-refractivity contribution in [3.05, 3.63) is 42.0 Å². The Bertz CT molecular complexity index is 403. The lowest BCUT2D eigenvalue weighted by Crippen LogP contribution is -2.50. The Kier molecular flexibility index (Phi) is 6.60. The quantitative estimate of drug-likeness (QED) is 0.559. The highest BCUT2D eigenvalue weighted by molar-refractivity contribution is 5.34. The third kappa shape index (κ3) is 5.05. The van der Waals surface area contributed by atoms with Crippen molar-refractivity contribution in [1.29, 1.82) is 0 Å². The molecule has 1 rings (SSSR count). The summed E-state index contributed by atoms with van der Waals surface area (Å²) in [6.45, 7) is 5.74. The Balaban J connectivity index is 2.68. The van der Waals surface area contributed by atoms with E-state index in [4.69, 9.17) is 10.5 Å². The average molecular weight is 262 g/mol. The molecule has 19 heavy (non-hydrogen) atoms. The van der Waals surface area contributed by atoms with Crippen LogP contribution in [-0.4, -0.2) is 25.7 Å². The van der Waals surface area contributed by atoms with E-state index in [0.29, 0.717) is 6.54 Å². The van der Waals surface area contributed by atoms with E-state index < -0.39 is 0 Å². The first-order valence-corrected chi connectivity index (χ1v) is 6.83. The minimum absolute atomic E-state index is 0.101. The molecule has 0 fully saturated rings. The van der Waals surface area contributed by atoms with Crippen LogP contribution in [0.5, 0.6) is 5.75 Å². The molecule has 3 heteroatoms. The van der Waals surface area contributed by atoms with Crippen LogP contribution in [0.25, 0.3) is 0 Å². The second-order valence-corrected chi connectivity index (χ2v) is 5.04. The maximum Gasteiger partial charge on any atom is 0.122 e. The number of hydrogen-bond acceptors (Lipinski definition) is 3. The molecule has 0 spiro atoms. The Labute approximate surface area is 116 Å². The smallest absolute Gasteiger partial charge is 0.122 e. The van der Waals surface area contributed by atoms with Crippen LogP contribution in [0.4, 0.5) is 0 Å². The molecular weight excluding hydrogens is 236 g/mol. The first kappa shape index (κ1) is 15.7. The number of nitrogens with two attached hydrogens (primary N) is 1. The van der Waals surface area contributed by atoms with Crippen molar-refractivity contribution in [3.8, 4) is 5.75 Å². The van der Waals surface area contributed by atoms with Crippen LogP contribution in [0.3, 0.4) is 0 Å². The van der Waals surface area contributed by atoms with Gasteiger partial charge in [0, 0.05) is 12.1 Å². The molecule has 0 aliphatic heterocycles. The summed E-state index contributed by atoms with van der Waals surface area (Å²) in [5.74, 6) is 0.928.